The van der Waals surface area contributed by atoms with Gasteiger partial charge in [-0.3, -0.25) is 0 Å². The molecule has 0 saturated heterocycles. The summed E-state index contributed by atoms with van der Waals surface area (Å²) in [6.45, 7) is 9.48. The molecule has 0 aromatic carbocycles. The third-order valence-electron chi connectivity index (χ3n) is 11.3. The zero-order valence-electron chi connectivity index (χ0n) is 33.9. The summed E-state index contributed by atoms with van der Waals surface area (Å²) < 4.78 is 0. The summed E-state index contributed by atoms with van der Waals surface area (Å²) in [5.41, 5.74) is 0. The number of hydrogen-bond donors (Lipinski definition) is 0. The Hall–Kier alpha value is -0.660. The van der Waals surface area contributed by atoms with Crippen LogP contribution in [-0.4, -0.2) is 29.1 Å². The van der Waals surface area contributed by atoms with Crippen molar-refractivity contribution in [1.29, 1.82) is 0 Å². The van der Waals surface area contributed by atoms with Crippen LogP contribution in [0.4, 0.5) is 0 Å². The number of nitrogens with zero attached hydrogens (tertiary/aromatic N) is 2. The van der Waals surface area contributed by atoms with Crippen molar-refractivity contribution in [3.8, 4) is 0 Å². The molecule has 0 saturated carbocycles. The smallest absolute Gasteiger partial charge is 0.101 e. The summed E-state index contributed by atoms with van der Waals surface area (Å²) in [4.78, 5) is 5.40. The number of unbranched alkanes of at least 4 members (excludes halogenated alkanes) is 34. The van der Waals surface area contributed by atoms with Gasteiger partial charge in [0.2, 0.25) is 0 Å². The molecule has 0 aromatic rings. The molecular formula is C46H92N2. The lowest BCUT2D eigenvalue weighted by molar-refractivity contribution is 0.135. The van der Waals surface area contributed by atoms with Crippen LogP contribution in [0.5, 0.6) is 0 Å². The van der Waals surface area contributed by atoms with Gasteiger partial charge in [0.15, 0.2) is 0 Å². The Bertz CT molecular complexity index is 630. The Labute approximate surface area is 305 Å². The van der Waals surface area contributed by atoms with Gasteiger partial charge in [-0.15, -0.1) is 0 Å². The second-order valence-electron chi connectivity index (χ2n) is 16.1. The van der Waals surface area contributed by atoms with E-state index in [4.69, 9.17) is 0 Å². The highest BCUT2D eigenvalue weighted by molar-refractivity contribution is 4.97. The first-order valence-corrected chi connectivity index (χ1v) is 23.0. The first-order chi connectivity index (χ1) is 23.8. The fourth-order valence-corrected chi connectivity index (χ4v) is 7.95. The molecule has 1 atom stereocenters. The van der Waals surface area contributed by atoms with Crippen molar-refractivity contribution in [2.45, 2.75) is 271 Å². The second kappa shape index (κ2) is 37.6. The Morgan fingerprint density at radius 2 is 0.479 bits per heavy atom. The van der Waals surface area contributed by atoms with E-state index in [0.29, 0.717) is 6.17 Å². The molecule has 2 nitrogen and oxygen atoms in total. The molecule has 0 radical (unpaired) electrons. The van der Waals surface area contributed by atoms with Gasteiger partial charge in [-0.1, -0.05) is 239 Å². The Morgan fingerprint density at radius 3 is 0.771 bits per heavy atom. The molecule has 48 heavy (non-hydrogen) atoms. The van der Waals surface area contributed by atoms with Crippen molar-refractivity contribution in [3.63, 3.8) is 0 Å². The van der Waals surface area contributed by atoms with Crippen LogP contribution in [0.2, 0.25) is 0 Å². The minimum atomic E-state index is 0.638. The molecule has 0 amide bonds. The minimum absolute atomic E-state index is 0.638. The molecule has 2 heteroatoms. The predicted octanol–water partition coefficient (Wildman–Crippen LogP) is 16.3. The third-order valence-corrected chi connectivity index (χ3v) is 11.3. The molecule has 1 aliphatic rings. The molecular weight excluding hydrogens is 581 g/mol. The lowest BCUT2D eigenvalue weighted by Gasteiger charge is -2.33. The van der Waals surface area contributed by atoms with Crippen LogP contribution >= 0.6 is 0 Å². The van der Waals surface area contributed by atoms with Crippen LogP contribution in [0.25, 0.3) is 0 Å². The van der Waals surface area contributed by atoms with E-state index in [1.54, 1.807) is 0 Å². The van der Waals surface area contributed by atoms with Crippen molar-refractivity contribution in [1.82, 2.24) is 9.80 Å². The van der Waals surface area contributed by atoms with Gasteiger partial charge in [0.25, 0.3) is 0 Å². The maximum Gasteiger partial charge on any atom is 0.101 e. The van der Waals surface area contributed by atoms with Crippen LogP contribution < -0.4 is 0 Å². The van der Waals surface area contributed by atoms with Crippen molar-refractivity contribution in [2.75, 3.05) is 13.1 Å². The first kappa shape index (κ1) is 45.4. The van der Waals surface area contributed by atoms with E-state index in [9.17, 15) is 0 Å². The summed E-state index contributed by atoms with van der Waals surface area (Å²) in [5.74, 6) is 0. The third kappa shape index (κ3) is 29.1. The zero-order valence-corrected chi connectivity index (χ0v) is 33.9. The maximum atomic E-state index is 2.71. The Kier molecular flexibility index (Phi) is 35.5. The van der Waals surface area contributed by atoms with Crippen LogP contribution in [-0.2, 0) is 0 Å². The van der Waals surface area contributed by atoms with Gasteiger partial charge in [-0.25, -0.2) is 0 Å². The minimum Gasteiger partial charge on any atom is -0.356 e. The summed E-state index contributed by atoms with van der Waals surface area (Å²) in [7, 11) is 0. The molecule has 0 N–H and O–H groups in total. The normalized spacial score (nSPS) is 14.6. The monoisotopic (exact) mass is 673 g/mol. The molecule has 0 spiro atoms. The van der Waals surface area contributed by atoms with E-state index >= 15 is 0 Å². The van der Waals surface area contributed by atoms with Gasteiger partial charge in [0.05, 0.1) is 0 Å². The van der Waals surface area contributed by atoms with E-state index in [1.807, 2.05) is 0 Å². The van der Waals surface area contributed by atoms with Crippen molar-refractivity contribution < 1.29 is 0 Å². The number of hydrogen-bond acceptors (Lipinski definition) is 2. The summed E-state index contributed by atoms with van der Waals surface area (Å²) in [6, 6.07) is 0. The van der Waals surface area contributed by atoms with E-state index in [-0.39, 0.29) is 0 Å². The first-order valence-electron chi connectivity index (χ1n) is 23.0. The fraction of sp³-hybridized carbons (Fsp3) is 0.957. The topological polar surface area (TPSA) is 6.48 Å². The molecule has 1 rings (SSSR count). The van der Waals surface area contributed by atoms with Crippen molar-refractivity contribution >= 4 is 0 Å². The van der Waals surface area contributed by atoms with Crippen molar-refractivity contribution in [3.05, 3.63) is 12.4 Å². The Balaban J connectivity index is 2.01. The quantitative estimate of drug-likeness (QED) is 0.0598. The van der Waals surface area contributed by atoms with Crippen LogP contribution in [0.1, 0.15) is 265 Å². The van der Waals surface area contributed by atoms with E-state index in [2.05, 4.69) is 43.0 Å². The molecule has 0 bridgehead atoms. The van der Waals surface area contributed by atoms with Crippen LogP contribution in [0.3, 0.4) is 0 Å². The highest BCUT2D eigenvalue weighted by Gasteiger charge is 2.24. The predicted molar refractivity (Wildman–Crippen MR) is 219 cm³/mol. The van der Waals surface area contributed by atoms with Crippen LogP contribution in [0, 0.1) is 0 Å². The highest BCUT2D eigenvalue weighted by Crippen LogP contribution is 2.24. The average molecular weight is 673 g/mol. The molecule has 0 aliphatic carbocycles. The van der Waals surface area contributed by atoms with E-state index in [0.717, 1.165) is 0 Å². The SMILES string of the molecule is CCCCCCCCCCCCCCCCCCCC1N(CCCCC)C=CN1CCCCCCCCCCCCCCCCCCC. The van der Waals surface area contributed by atoms with Gasteiger partial charge in [0, 0.05) is 25.5 Å². The van der Waals surface area contributed by atoms with Gasteiger partial charge in [0.1, 0.15) is 6.17 Å². The average Bonchev–Trinajstić information content (AvgIpc) is 3.48. The number of rotatable bonds is 40. The summed E-state index contributed by atoms with van der Waals surface area (Å²) >= 11 is 0. The molecule has 1 aliphatic heterocycles. The van der Waals surface area contributed by atoms with Gasteiger partial charge in [-0.05, 0) is 25.7 Å². The molecule has 1 unspecified atom stereocenters. The fourth-order valence-electron chi connectivity index (χ4n) is 7.95. The lowest BCUT2D eigenvalue weighted by atomic mass is 10.0. The van der Waals surface area contributed by atoms with Gasteiger partial charge < -0.3 is 9.80 Å². The molecule has 0 fully saturated rings. The van der Waals surface area contributed by atoms with Crippen molar-refractivity contribution in [2.24, 2.45) is 0 Å². The Morgan fingerprint density at radius 1 is 0.271 bits per heavy atom. The molecule has 1 heterocycles. The second-order valence-corrected chi connectivity index (χ2v) is 16.1. The van der Waals surface area contributed by atoms with Gasteiger partial charge in [-0.2, -0.15) is 0 Å². The summed E-state index contributed by atoms with van der Waals surface area (Å²) in [6.07, 6.45) is 60.5. The summed E-state index contributed by atoms with van der Waals surface area (Å²) in [5, 5.41) is 0. The molecule has 0 aromatic heterocycles. The lowest BCUT2D eigenvalue weighted by Crippen LogP contribution is -2.39. The largest absolute Gasteiger partial charge is 0.356 e. The zero-order chi connectivity index (χ0) is 34.4. The van der Waals surface area contributed by atoms with E-state index in [1.165, 1.54) is 257 Å². The molecule has 286 valence electrons. The van der Waals surface area contributed by atoms with Crippen LogP contribution in [0.15, 0.2) is 12.4 Å². The maximum absolute atomic E-state index is 2.71. The van der Waals surface area contributed by atoms with Gasteiger partial charge >= 0.3 is 0 Å². The standard InChI is InChI=1S/C46H92N2/c1-4-7-10-12-14-16-18-20-22-24-26-28-30-32-34-36-38-41-46-47(42-39-9-6-3)44-45-48(46)43-40-37-35-33-31-29-27-25-23-21-19-17-15-13-11-8-5-2/h44-46H,4-43H2,1-3H3. The van der Waals surface area contributed by atoms with E-state index < -0.39 is 0 Å². The highest BCUT2D eigenvalue weighted by atomic mass is 15.4.